The first kappa shape index (κ1) is 13.2. The van der Waals surface area contributed by atoms with Gasteiger partial charge in [0.2, 0.25) is 0 Å². The van der Waals surface area contributed by atoms with Crippen molar-refractivity contribution in [2.75, 3.05) is 0 Å². The first-order chi connectivity index (χ1) is 6.60. The monoisotopic (exact) mass is 198 g/mol. The number of carbonyl (C=O) groups excluding carboxylic acids is 1. The van der Waals surface area contributed by atoms with E-state index in [0.29, 0.717) is 11.7 Å². The van der Waals surface area contributed by atoms with Crippen molar-refractivity contribution in [3.8, 4) is 0 Å². The van der Waals surface area contributed by atoms with Gasteiger partial charge in [-0.2, -0.15) is 0 Å². The van der Waals surface area contributed by atoms with Crippen LogP contribution in [0.1, 0.15) is 52.9 Å². The predicted octanol–water partition coefficient (Wildman–Crippen LogP) is 3.67. The lowest BCUT2D eigenvalue weighted by Crippen LogP contribution is -2.05. The van der Waals surface area contributed by atoms with Crippen LogP contribution in [-0.2, 0) is 9.53 Å². The molecule has 0 spiro atoms. The van der Waals surface area contributed by atoms with Crippen LogP contribution in [0, 0.1) is 5.92 Å². The molecule has 0 saturated heterocycles. The topological polar surface area (TPSA) is 26.3 Å². The second-order valence-electron chi connectivity index (χ2n) is 3.75. The lowest BCUT2D eigenvalue weighted by atomic mass is 9.95. The van der Waals surface area contributed by atoms with Crippen LogP contribution in [0.3, 0.4) is 0 Å². The highest BCUT2D eigenvalue weighted by atomic mass is 16.5. The Morgan fingerprint density at radius 3 is 2.50 bits per heavy atom. The third kappa shape index (κ3) is 6.70. The zero-order valence-electron chi connectivity index (χ0n) is 9.64. The lowest BCUT2D eigenvalue weighted by molar-refractivity contribution is -0.137. The molecule has 0 rings (SSSR count). The van der Waals surface area contributed by atoms with E-state index < -0.39 is 0 Å². The third-order valence-electron chi connectivity index (χ3n) is 2.35. The molecule has 0 aromatic rings. The SMILES string of the molecule is C=C(CC(CC)CCCC)OC(C)=O. The van der Waals surface area contributed by atoms with Gasteiger partial charge in [-0.3, -0.25) is 4.79 Å². The minimum absolute atomic E-state index is 0.264. The Morgan fingerprint density at radius 2 is 2.07 bits per heavy atom. The molecule has 82 valence electrons. The van der Waals surface area contributed by atoms with Crippen LogP contribution >= 0.6 is 0 Å². The van der Waals surface area contributed by atoms with Crippen LogP contribution in [-0.4, -0.2) is 5.97 Å². The second kappa shape index (κ2) is 7.60. The van der Waals surface area contributed by atoms with E-state index in [1.165, 1.54) is 26.2 Å². The van der Waals surface area contributed by atoms with Gasteiger partial charge in [0.25, 0.3) is 0 Å². The quantitative estimate of drug-likeness (QED) is 0.461. The number of hydrogen-bond acceptors (Lipinski definition) is 2. The Labute approximate surface area is 87.3 Å². The molecule has 0 N–H and O–H groups in total. The van der Waals surface area contributed by atoms with Gasteiger partial charge in [0, 0.05) is 13.3 Å². The van der Waals surface area contributed by atoms with Gasteiger partial charge in [0.15, 0.2) is 0 Å². The smallest absolute Gasteiger partial charge is 0.307 e. The van der Waals surface area contributed by atoms with E-state index in [4.69, 9.17) is 4.74 Å². The van der Waals surface area contributed by atoms with Crippen LogP contribution in [0.2, 0.25) is 0 Å². The van der Waals surface area contributed by atoms with E-state index in [1.807, 2.05) is 0 Å². The third-order valence-corrected chi connectivity index (χ3v) is 2.35. The van der Waals surface area contributed by atoms with Crippen molar-refractivity contribution in [1.29, 1.82) is 0 Å². The summed E-state index contributed by atoms with van der Waals surface area (Å²) >= 11 is 0. The molecule has 1 atom stereocenters. The van der Waals surface area contributed by atoms with Gasteiger partial charge < -0.3 is 4.74 Å². The molecule has 14 heavy (non-hydrogen) atoms. The largest absolute Gasteiger partial charge is 0.432 e. The van der Waals surface area contributed by atoms with Gasteiger partial charge in [-0.25, -0.2) is 0 Å². The predicted molar refractivity (Wildman–Crippen MR) is 58.8 cm³/mol. The summed E-state index contributed by atoms with van der Waals surface area (Å²) in [6.45, 7) is 9.52. The molecular weight excluding hydrogens is 176 g/mol. The molecule has 0 aromatic carbocycles. The Balaban J connectivity index is 3.79. The fourth-order valence-electron chi connectivity index (χ4n) is 1.51. The summed E-state index contributed by atoms with van der Waals surface area (Å²) in [4.78, 5) is 10.7. The Kier molecular flexibility index (Phi) is 7.17. The lowest BCUT2D eigenvalue weighted by Gasteiger charge is -2.15. The minimum Gasteiger partial charge on any atom is -0.432 e. The number of allylic oxidation sites excluding steroid dienone is 1. The number of hydrogen-bond donors (Lipinski definition) is 0. The molecule has 0 aliphatic rings. The van der Waals surface area contributed by atoms with Crippen molar-refractivity contribution in [2.45, 2.75) is 52.9 Å². The van der Waals surface area contributed by atoms with Gasteiger partial charge in [0.1, 0.15) is 5.76 Å². The number of unbranched alkanes of at least 4 members (excludes halogenated alkanes) is 1. The zero-order valence-corrected chi connectivity index (χ0v) is 9.64. The van der Waals surface area contributed by atoms with Crippen LogP contribution < -0.4 is 0 Å². The van der Waals surface area contributed by atoms with Crippen LogP contribution in [0.4, 0.5) is 0 Å². The maximum atomic E-state index is 10.7. The van der Waals surface area contributed by atoms with E-state index >= 15 is 0 Å². The maximum absolute atomic E-state index is 10.7. The highest BCUT2D eigenvalue weighted by Crippen LogP contribution is 2.20. The second-order valence-corrected chi connectivity index (χ2v) is 3.75. The molecule has 2 heteroatoms. The van der Waals surface area contributed by atoms with Crippen LogP contribution in [0.5, 0.6) is 0 Å². The highest BCUT2D eigenvalue weighted by molar-refractivity contribution is 5.67. The molecular formula is C12H22O2. The molecule has 0 aliphatic carbocycles. The van der Waals surface area contributed by atoms with E-state index in [2.05, 4.69) is 20.4 Å². The molecule has 0 heterocycles. The average Bonchev–Trinajstić information content (AvgIpc) is 2.10. The average molecular weight is 198 g/mol. The Bertz CT molecular complexity index is 185. The first-order valence-electron chi connectivity index (χ1n) is 5.46. The number of carbonyl (C=O) groups is 1. The molecule has 0 radical (unpaired) electrons. The van der Waals surface area contributed by atoms with Gasteiger partial charge in [-0.05, 0) is 5.92 Å². The van der Waals surface area contributed by atoms with Gasteiger partial charge in [0.05, 0.1) is 0 Å². The summed E-state index contributed by atoms with van der Waals surface area (Å²) in [7, 11) is 0. The first-order valence-corrected chi connectivity index (χ1v) is 5.46. The standard InChI is InChI=1S/C12H22O2/c1-5-7-8-12(6-2)9-10(3)14-11(4)13/h12H,3,5-9H2,1-2,4H3. The molecule has 0 saturated carbocycles. The number of rotatable bonds is 7. The van der Waals surface area contributed by atoms with Gasteiger partial charge in [-0.15, -0.1) is 0 Å². The molecule has 0 bridgehead atoms. The molecule has 2 nitrogen and oxygen atoms in total. The van der Waals surface area contributed by atoms with Crippen molar-refractivity contribution in [1.82, 2.24) is 0 Å². The Morgan fingerprint density at radius 1 is 1.43 bits per heavy atom. The summed E-state index contributed by atoms with van der Waals surface area (Å²) in [5.74, 6) is 0.961. The van der Waals surface area contributed by atoms with Gasteiger partial charge >= 0.3 is 5.97 Å². The summed E-state index contributed by atoms with van der Waals surface area (Å²) in [5, 5.41) is 0. The maximum Gasteiger partial charge on any atom is 0.307 e. The van der Waals surface area contributed by atoms with Crippen LogP contribution in [0.15, 0.2) is 12.3 Å². The Hall–Kier alpha value is -0.790. The fraction of sp³-hybridized carbons (Fsp3) is 0.750. The number of esters is 1. The molecule has 0 amide bonds. The van der Waals surface area contributed by atoms with Crippen molar-refractivity contribution in [3.05, 3.63) is 12.3 Å². The fourth-order valence-corrected chi connectivity index (χ4v) is 1.51. The van der Waals surface area contributed by atoms with Crippen molar-refractivity contribution >= 4 is 5.97 Å². The summed E-state index contributed by atoms with van der Waals surface area (Å²) in [6, 6.07) is 0. The highest BCUT2D eigenvalue weighted by Gasteiger charge is 2.09. The zero-order chi connectivity index (χ0) is 11.0. The van der Waals surface area contributed by atoms with E-state index in [1.54, 1.807) is 0 Å². The summed E-state index contributed by atoms with van der Waals surface area (Å²) < 4.78 is 4.93. The van der Waals surface area contributed by atoms with Crippen molar-refractivity contribution in [3.63, 3.8) is 0 Å². The van der Waals surface area contributed by atoms with E-state index in [9.17, 15) is 4.79 Å². The van der Waals surface area contributed by atoms with Crippen molar-refractivity contribution < 1.29 is 9.53 Å². The normalized spacial score (nSPS) is 12.2. The molecule has 1 unspecified atom stereocenters. The molecule has 0 aromatic heterocycles. The number of ether oxygens (including phenoxy) is 1. The molecule has 0 aliphatic heterocycles. The van der Waals surface area contributed by atoms with E-state index in [0.717, 1.165) is 12.8 Å². The summed E-state index contributed by atoms with van der Waals surface area (Å²) in [6.07, 6.45) is 5.60. The van der Waals surface area contributed by atoms with Crippen LogP contribution in [0.25, 0.3) is 0 Å². The molecule has 0 fully saturated rings. The summed E-state index contributed by atoms with van der Waals surface area (Å²) in [5.41, 5.74) is 0. The minimum atomic E-state index is -0.264. The van der Waals surface area contributed by atoms with E-state index in [-0.39, 0.29) is 5.97 Å². The van der Waals surface area contributed by atoms with Gasteiger partial charge in [-0.1, -0.05) is 46.1 Å². The van der Waals surface area contributed by atoms with Crippen molar-refractivity contribution in [2.24, 2.45) is 5.92 Å².